The molecular weight excluding hydrogens is 244 g/mol. The number of hydrogen-bond acceptors (Lipinski definition) is 2. The third-order valence-corrected chi connectivity index (χ3v) is 4.49. The molecule has 20 heavy (non-hydrogen) atoms. The van der Waals surface area contributed by atoms with Crippen LogP contribution >= 0.6 is 0 Å². The molecule has 0 bridgehead atoms. The van der Waals surface area contributed by atoms with Crippen molar-refractivity contribution in [2.75, 3.05) is 7.05 Å². The predicted molar refractivity (Wildman–Crippen MR) is 86.8 cm³/mol. The van der Waals surface area contributed by atoms with E-state index < -0.39 is 0 Å². The fraction of sp³-hybridized carbons (Fsp3) is 0.500. The van der Waals surface area contributed by atoms with Gasteiger partial charge in [0.25, 0.3) is 0 Å². The average Bonchev–Trinajstić information content (AvgIpc) is 2.43. The Hall–Kier alpha value is -1.41. The molecule has 0 saturated heterocycles. The lowest BCUT2D eigenvalue weighted by molar-refractivity contribution is 0.226. The number of nitrogens with zero attached hydrogens (tertiary/aromatic N) is 1. The minimum Gasteiger partial charge on any atom is -0.313 e. The zero-order chi connectivity index (χ0) is 14.8. The largest absolute Gasteiger partial charge is 0.313 e. The van der Waals surface area contributed by atoms with E-state index in [1.165, 1.54) is 16.3 Å². The van der Waals surface area contributed by atoms with E-state index in [0.717, 1.165) is 6.42 Å². The van der Waals surface area contributed by atoms with Crippen LogP contribution in [0.5, 0.6) is 0 Å². The second-order valence-electron chi connectivity index (χ2n) is 6.79. The first-order valence-corrected chi connectivity index (χ1v) is 7.43. The van der Waals surface area contributed by atoms with Gasteiger partial charge in [0.2, 0.25) is 0 Å². The maximum atomic E-state index is 4.41. The minimum atomic E-state index is 0.327. The second kappa shape index (κ2) is 5.92. The summed E-state index contributed by atoms with van der Waals surface area (Å²) in [5, 5.41) is 6.00. The van der Waals surface area contributed by atoms with E-state index in [-0.39, 0.29) is 0 Å². The summed E-state index contributed by atoms with van der Waals surface area (Å²) in [5.41, 5.74) is 1.63. The van der Waals surface area contributed by atoms with Gasteiger partial charge in [-0.05, 0) is 35.8 Å². The van der Waals surface area contributed by atoms with Crippen LogP contribution in [0.3, 0.4) is 0 Å². The molecule has 2 atom stereocenters. The maximum absolute atomic E-state index is 4.41. The van der Waals surface area contributed by atoms with Crippen molar-refractivity contribution in [2.45, 2.75) is 40.2 Å². The van der Waals surface area contributed by atoms with E-state index in [9.17, 15) is 0 Å². The van der Waals surface area contributed by atoms with Crippen LogP contribution in [-0.2, 0) is 0 Å². The summed E-state index contributed by atoms with van der Waals surface area (Å²) in [6.07, 6.45) is 5.08. The molecule has 1 heterocycles. The monoisotopic (exact) mass is 270 g/mol. The summed E-state index contributed by atoms with van der Waals surface area (Å²) >= 11 is 0. The van der Waals surface area contributed by atoms with Gasteiger partial charge in [0.1, 0.15) is 0 Å². The van der Waals surface area contributed by atoms with Crippen molar-refractivity contribution in [1.29, 1.82) is 0 Å². The molecular formula is C18H26N2. The van der Waals surface area contributed by atoms with Crippen LogP contribution in [0.2, 0.25) is 0 Å². The van der Waals surface area contributed by atoms with Crippen LogP contribution in [0.25, 0.3) is 10.8 Å². The molecule has 0 radical (unpaired) electrons. The second-order valence-corrected chi connectivity index (χ2v) is 6.79. The quantitative estimate of drug-likeness (QED) is 0.880. The highest BCUT2D eigenvalue weighted by molar-refractivity contribution is 5.85. The van der Waals surface area contributed by atoms with Gasteiger partial charge in [-0.3, -0.25) is 4.98 Å². The molecule has 0 aliphatic carbocycles. The van der Waals surface area contributed by atoms with Crippen molar-refractivity contribution in [3.05, 3.63) is 42.2 Å². The maximum Gasteiger partial charge on any atom is 0.0346 e. The Morgan fingerprint density at radius 1 is 1.15 bits per heavy atom. The fourth-order valence-electron chi connectivity index (χ4n) is 2.52. The molecule has 1 N–H and O–H groups in total. The zero-order valence-corrected chi connectivity index (χ0v) is 13.3. The van der Waals surface area contributed by atoms with Gasteiger partial charge in [0, 0.05) is 23.8 Å². The Morgan fingerprint density at radius 3 is 2.50 bits per heavy atom. The Labute approximate surface area is 122 Å². The number of rotatable bonds is 4. The van der Waals surface area contributed by atoms with E-state index in [4.69, 9.17) is 0 Å². The first-order valence-electron chi connectivity index (χ1n) is 7.43. The summed E-state index contributed by atoms with van der Waals surface area (Å²) in [7, 11) is 2.04. The molecule has 0 amide bonds. The Kier molecular flexibility index (Phi) is 4.44. The number of fused-ring (bicyclic) bond motifs is 1. The molecule has 0 spiro atoms. The van der Waals surface area contributed by atoms with Gasteiger partial charge in [-0.2, -0.15) is 0 Å². The van der Waals surface area contributed by atoms with Crippen LogP contribution in [0.15, 0.2) is 36.7 Å². The normalized spacial score (nSPS) is 15.2. The smallest absolute Gasteiger partial charge is 0.0346 e. The van der Waals surface area contributed by atoms with Gasteiger partial charge < -0.3 is 5.32 Å². The third kappa shape index (κ3) is 3.18. The lowest BCUT2D eigenvalue weighted by atomic mass is 9.77. The number of aromatic nitrogens is 1. The van der Waals surface area contributed by atoms with Gasteiger partial charge >= 0.3 is 0 Å². The van der Waals surface area contributed by atoms with Crippen LogP contribution < -0.4 is 5.32 Å². The zero-order valence-electron chi connectivity index (χ0n) is 13.3. The van der Waals surface area contributed by atoms with Crippen LogP contribution in [0.4, 0.5) is 0 Å². The van der Waals surface area contributed by atoms with E-state index in [0.29, 0.717) is 17.4 Å². The average molecular weight is 270 g/mol. The SMILES string of the molecule is CNC(CC(C)C(C)(C)C)c1cncc2ccccc12. The van der Waals surface area contributed by atoms with Crippen LogP contribution in [-0.4, -0.2) is 12.0 Å². The van der Waals surface area contributed by atoms with Gasteiger partial charge in [0.05, 0.1) is 0 Å². The lowest BCUT2D eigenvalue weighted by Crippen LogP contribution is -2.25. The van der Waals surface area contributed by atoms with Crippen molar-refractivity contribution in [2.24, 2.45) is 11.3 Å². The molecule has 1 aromatic carbocycles. The number of pyridine rings is 1. The molecule has 2 rings (SSSR count). The Bertz CT molecular complexity index is 564. The molecule has 0 fully saturated rings. The van der Waals surface area contributed by atoms with Crippen molar-refractivity contribution < 1.29 is 0 Å². The molecule has 2 nitrogen and oxygen atoms in total. The van der Waals surface area contributed by atoms with Crippen molar-refractivity contribution >= 4 is 10.8 Å². The summed E-state index contributed by atoms with van der Waals surface area (Å²) in [4.78, 5) is 4.41. The van der Waals surface area contributed by atoms with Crippen molar-refractivity contribution in [3.8, 4) is 0 Å². The molecule has 2 heteroatoms. The van der Waals surface area contributed by atoms with Gasteiger partial charge in [-0.1, -0.05) is 52.0 Å². The van der Waals surface area contributed by atoms with Gasteiger partial charge in [-0.25, -0.2) is 0 Å². The Balaban J connectivity index is 2.35. The van der Waals surface area contributed by atoms with E-state index >= 15 is 0 Å². The third-order valence-electron chi connectivity index (χ3n) is 4.49. The van der Waals surface area contributed by atoms with E-state index in [1.807, 2.05) is 19.4 Å². The highest BCUT2D eigenvalue weighted by Crippen LogP contribution is 2.34. The standard InChI is InChI=1S/C18H26N2/c1-13(18(2,3)4)10-17(19-5)16-12-20-11-14-8-6-7-9-15(14)16/h6-9,11-13,17,19H,10H2,1-5H3. The highest BCUT2D eigenvalue weighted by atomic mass is 14.9. The van der Waals surface area contributed by atoms with E-state index in [1.54, 1.807) is 0 Å². The van der Waals surface area contributed by atoms with Crippen LogP contribution in [0, 0.1) is 11.3 Å². The summed E-state index contributed by atoms with van der Waals surface area (Å²) in [6.45, 7) is 9.27. The first kappa shape index (κ1) is 15.0. The number of hydrogen-bond donors (Lipinski definition) is 1. The topological polar surface area (TPSA) is 24.9 Å². The van der Waals surface area contributed by atoms with Gasteiger partial charge in [-0.15, -0.1) is 0 Å². The summed E-state index contributed by atoms with van der Waals surface area (Å²) in [5.74, 6) is 0.638. The van der Waals surface area contributed by atoms with Crippen LogP contribution in [0.1, 0.15) is 45.7 Å². The molecule has 2 unspecified atom stereocenters. The molecule has 1 aromatic heterocycles. The number of nitrogens with one attached hydrogen (secondary N) is 1. The summed E-state index contributed by atoms with van der Waals surface area (Å²) < 4.78 is 0. The Morgan fingerprint density at radius 2 is 1.85 bits per heavy atom. The predicted octanol–water partition coefficient (Wildman–Crippen LogP) is 4.57. The first-order chi connectivity index (χ1) is 9.43. The summed E-state index contributed by atoms with van der Waals surface area (Å²) in [6, 6.07) is 8.85. The highest BCUT2D eigenvalue weighted by Gasteiger charge is 2.24. The molecule has 0 aliphatic rings. The molecule has 0 saturated carbocycles. The van der Waals surface area contributed by atoms with Crippen molar-refractivity contribution in [1.82, 2.24) is 10.3 Å². The molecule has 0 aliphatic heterocycles. The number of benzene rings is 1. The molecule has 2 aromatic rings. The van der Waals surface area contributed by atoms with E-state index in [2.05, 4.69) is 62.3 Å². The minimum absolute atomic E-state index is 0.327. The fourth-order valence-corrected chi connectivity index (χ4v) is 2.52. The van der Waals surface area contributed by atoms with Crippen molar-refractivity contribution in [3.63, 3.8) is 0 Å². The van der Waals surface area contributed by atoms with Gasteiger partial charge in [0.15, 0.2) is 0 Å². The molecule has 108 valence electrons. The lowest BCUT2D eigenvalue weighted by Gasteiger charge is -2.31.